The Kier molecular flexibility index (Phi) is 4.86. The highest BCUT2D eigenvalue weighted by Gasteiger charge is 2.40. The van der Waals surface area contributed by atoms with Gasteiger partial charge in [-0.05, 0) is 47.8 Å². The summed E-state index contributed by atoms with van der Waals surface area (Å²) in [7, 11) is 1.53. The van der Waals surface area contributed by atoms with Crippen LogP contribution in [0.25, 0.3) is 0 Å². The van der Waals surface area contributed by atoms with Gasteiger partial charge in [0.15, 0.2) is 0 Å². The number of fused-ring (bicyclic) bond motifs is 1. The zero-order chi connectivity index (χ0) is 19.1. The zero-order valence-corrected chi connectivity index (χ0v) is 15.6. The standard InChI is InChI=1S/C20H25F2N3O/c1-5-20(6-2)10-12(3)16-14(20)8-7-9-15(16)23-19(26)13-11-25(4)24-17(13)18(21)22/h7-9,11-12,18H,5-6,10H2,1-4H3,(H,23,26). The van der Waals surface area contributed by atoms with E-state index < -0.39 is 18.0 Å². The highest BCUT2D eigenvalue weighted by atomic mass is 19.3. The number of amides is 1. The van der Waals surface area contributed by atoms with Crippen LogP contribution < -0.4 is 5.32 Å². The minimum atomic E-state index is -2.79. The molecule has 0 saturated carbocycles. The van der Waals surface area contributed by atoms with Crippen molar-refractivity contribution in [3.05, 3.63) is 46.8 Å². The van der Waals surface area contributed by atoms with E-state index >= 15 is 0 Å². The second kappa shape index (κ2) is 6.82. The molecule has 1 aliphatic rings. The van der Waals surface area contributed by atoms with Crippen LogP contribution in [-0.2, 0) is 12.5 Å². The molecule has 0 bridgehead atoms. The fourth-order valence-electron chi connectivity index (χ4n) is 4.42. The van der Waals surface area contributed by atoms with Gasteiger partial charge in [0.25, 0.3) is 12.3 Å². The third-order valence-electron chi connectivity index (χ3n) is 5.78. The van der Waals surface area contributed by atoms with Gasteiger partial charge in [-0.1, -0.05) is 32.9 Å². The first kappa shape index (κ1) is 18.5. The molecule has 1 aliphatic carbocycles. The van der Waals surface area contributed by atoms with Gasteiger partial charge in [-0.3, -0.25) is 9.48 Å². The summed E-state index contributed by atoms with van der Waals surface area (Å²) < 4.78 is 27.6. The predicted octanol–water partition coefficient (Wildman–Crippen LogP) is 5.18. The Hall–Kier alpha value is -2.24. The van der Waals surface area contributed by atoms with Crippen LogP contribution in [0.15, 0.2) is 24.4 Å². The molecule has 4 nitrogen and oxygen atoms in total. The Labute approximate surface area is 152 Å². The number of aromatic nitrogens is 2. The van der Waals surface area contributed by atoms with Gasteiger partial charge in [-0.25, -0.2) is 8.78 Å². The first-order valence-electron chi connectivity index (χ1n) is 9.09. The van der Waals surface area contributed by atoms with Crippen molar-refractivity contribution < 1.29 is 13.6 Å². The van der Waals surface area contributed by atoms with E-state index in [1.165, 1.54) is 23.5 Å². The van der Waals surface area contributed by atoms with Crippen LogP contribution >= 0.6 is 0 Å². The number of aryl methyl sites for hydroxylation is 1. The van der Waals surface area contributed by atoms with Gasteiger partial charge in [0.1, 0.15) is 5.69 Å². The van der Waals surface area contributed by atoms with Crippen LogP contribution in [0.2, 0.25) is 0 Å². The van der Waals surface area contributed by atoms with Crippen molar-refractivity contribution in [3.8, 4) is 0 Å². The molecule has 1 heterocycles. The van der Waals surface area contributed by atoms with Crippen molar-refractivity contribution in [2.45, 2.75) is 57.8 Å². The molecule has 1 aromatic carbocycles. The van der Waals surface area contributed by atoms with Crippen LogP contribution in [-0.4, -0.2) is 15.7 Å². The molecule has 26 heavy (non-hydrogen) atoms. The molecular weight excluding hydrogens is 336 g/mol. The molecule has 0 aliphatic heterocycles. The second-order valence-electron chi connectivity index (χ2n) is 7.22. The molecule has 0 radical (unpaired) electrons. The van der Waals surface area contributed by atoms with Gasteiger partial charge in [-0.2, -0.15) is 5.10 Å². The molecule has 6 heteroatoms. The molecule has 1 aromatic heterocycles. The van der Waals surface area contributed by atoms with E-state index in [2.05, 4.69) is 37.3 Å². The lowest BCUT2D eigenvalue weighted by Crippen LogP contribution is -2.21. The van der Waals surface area contributed by atoms with E-state index in [9.17, 15) is 13.6 Å². The molecule has 3 rings (SSSR count). The Bertz CT molecular complexity index is 824. The molecule has 1 N–H and O–H groups in total. The maximum Gasteiger partial charge on any atom is 0.282 e. The Morgan fingerprint density at radius 2 is 2.08 bits per heavy atom. The summed E-state index contributed by atoms with van der Waals surface area (Å²) in [4.78, 5) is 12.7. The van der Waals surface area contributed by atoms with Gasteiger partial charge in [-0.15, -0.1) is 0 Å². The van der Waals surface area contributed by atoms with E-state index in [0.717, 1.165) is 24.8 Å². The topological polar surface area (TPSA) is 46.9 Å². The lowest BCUT2D eigenvalue weighted by atomic mass is 9.77. The van der Waals surface area contributed by atoms with Crippen molar-refractivity contribution in [1.29, 1.82) is 0 Å². The summed E-state index contributed by atoms with van der Waals surface area (Å²) in [6.45, 7) is 6.55. The Morgan fingerprint density at radius 1 is 1.38 bits per heavy atom. The van der Waals surface area contributed by atoms with E-state index in [1.54, 1.807) is 0 Å². The lowest BCUT2D eigenvalue weighted by molar-refractivity contribution is 0.101. The third kappa shape index (κ3) is 2.91. The fraction of sp³-hybridized carbons (Fsp3) is 0.500. The number of anilines is 1. The average molecular weight is 361 g/mol. The number of hydrogen-bond acceptors (Lipinski definition) is 2. The second-order valence-corrected chi connectivity index (χ2v) is 7.22. The monoisotopic (exact) mass is 361 g/mol. The molecule has 0 saturated heterocycles. The van der Waals surface area contributed by atoms with Gasteiger partial charge < -0.3 is 5.32 Å². The molecule has 0 fully saturated rings. The van der Waals surface area contributed by atoms with Crippen LogP contribution in [0.5, 0.6) is 0 Å². The first-order valence-corrected chi connectivity index (χ1v) is 9.09. The summed E-state index contributed by atoms with van der Waals surface area (Å²) in [6.07, 6.45) is 1.67. The van der Waals surface area contributed by atoms with Crippen molar-refractivity contribution in [3.63, 3.8) is 0 Å². The lowest BCUT2D eigenvalue weighted by Gasteiger charge is -2.28. The molecule has 0 spiro atoms. The quantitative estimate of drug-likeness (QED) is 0.798. The van der Waals surface area contributed by atoms with Crippen LogP contribution in [0, 0.1) is 0 Å². The fourth-order valence-corrected chi connectivity index (χ4v) is 4.42. The van der Waals surface area contributed by atoms with Crippen LogP contribution in [0.1, 0.15) is 79.6 Å². The van der Waals surface area contributed by atoms with E-state index in [4.69, 9.17) is 0 Å². The molecule has 1 atom stereocenters. The van der Waals surface area contributed by atoms with Crippen molar-refractivity contribution in [2.24, 2.45) is 7.05 Å². The van der Waals surface area contributed by atoms with E-state index in [1.807, 2.05) is 12.1 Å². The molecule has 1 unspecified atom stereocenters. The number of nitrogens with one attached hydrogen (secondary N) is 1. The van der Waals surface area contributed by atoms with Crippen molar-refractivity contribution in [1.82, 2.24) is 9.78 Å². The summed E-state index contributed by atoms with van der Waals surface area (Å²) in [5.74, 6) is -0.232. The highest BCUT2D eigenvalue weighted by molar-refractivity contribution is 6.05. The number of halogens is 2. The Balaban J connectivity index is 1.98. The average Bonchev–Trinajstić information content (AvgIpc) is 3.14. The number of hydrogen-bond donors (Lipinski definition) is 1. The maximum atomic E-state index is 13.2. The number of nitrogens with zero attached hydrogens (tertiary/aromatic N) is 2. The number of rotatable bonds is 5. The number of alkyl halides is 2. The van der Waals surface area contributed by atoms with Crippen molar-refractivity contribution >= 4 is 11.6 Å². The minimum Gasteiger partial charge on any atom is -0.322 e. The SMILES string of the molecule is CCC1(CC)CC(C)c2c(NC(=O)c3cn(C)nc3C(F)F)cccc21. The number of benzene rings is 1. The molecule has 2 aromatic rings. The number of carbonyl (C=O) groups is 1. The van der Waals surface area contributed by atoms with Crippen LogP contribution in [0.4, 0.5) is 14.5 Å². The van der Waals surface area contributed by atoms with E-state index in [-0.39, 0.29) is 11.0 Å². The number of carbonyl (C=O) groups excluding carboxylic acids is 1. The summed E-state index contributed by atoms with van der Waals surface area (Å²) >= 11 is 0. The molecule has 140 valence electrons. The maximum absolute atomic E-state index is 13.2. The molecule has 1 amide bonds. The summed E-state index contributed by atoms with van der Waals surface area (Å²) in [6, 6.07) is 5.92. The highest BCUT2D eigenvalue weighted by Crippen LogP contribution is 2.52. The van der Waals surface area contributed by atoms with Crippen LogP contribution in [0.3, 0.4) is 0 Å². The van der Waals surface area contributed by atoms with Crippen molar-refractivity contribution in [2.75, 3.05) is 5.32 Å². The Morgan fingerprint density at radius 3 is 2.69 bits per heavy atom. The summed E-state index contributed by atoms with van der Waals surface area (Å²) in [5.41, 5.74) is 2.68. The van der Waals surface area contributed by atoms with Gasteiger partial charge in [0, 0.05) is 18.9 Å². The minimum absolute atomic E-state index is 0.0806. The largest absolute Gasteiger partial charge is 0.322 e. The molecular formula is C20H25F2N3O. The normalized spacial score (nSPS) is 18.2. The third-order valence-corrected chi connectivity index (χ3v) is 5.78. The smallest absolute Gasteiger partial charge is 0.282 e. The van der Waals surface area contributed by atoms with E-state index in [0.29, 0.717) is 11.6 Å². The zero-order valence-electron chi connectivity index (χ0n) is 15.6. The predicted molar refractivity (Wildman–Crippen MR) is 97.9 cm³/mol. The summed E-state index contributed by atoms with van der Waals surface area (Å²) in [5, 5.41) is 6.57. The van der Waals surface area contributed by atoms with Gasteiger partial charge >= 0.3 is 0 Å². The van der Waals surface area contributed by atoms with Gasteiger partial charge in [0.2, 0.25) is 0 Å². The first-order chi connectivity index (χ1) is 12.3. The van der Waals surface area contributed by atoms with Gasteiger partial charge in [0.05, 0.1) is 5.56 Å².